The third-order valence-corrected chi connectivity index (χ3v) is 4.24. The predicted molar refractivity (Wildman–Crippen MR) is 103 cm³/mol. The first-order chi connectivity index (χ1) is 13.9. The first-order valence-corrected chi connectivity index (χ1v) is 8.55. The van der Waals surface area contributed by atoms with E-state index in [2.05, 4.69) is 5.10 Å². The molecule has 0 aliphatic carbocycles. The predicted octanol–water partition coefficient (Wildman–Crippen LogP) is 3.67. The van der Waals surface area contributed by atoms with Crippen molar-refractivity contribution in [2.45, 2.75) is 0 Å². The number of aromatic nitrogens is 2. The van der Waals surface area contributed by atoms with E-state index < -0.39 is 16.9 Å². The van der Waals surface area contributed by atoms with Crippen LogP contribution in [0.25, 0.3) is 16.9 Å². The number of ether oxygens (including phenoxy) is 2. The second kappa shape index (κ2) is 8.11. The largest absolute Gasteiger partial charge is 0.465 e. The summed E-state index contributed by atoms with van der Waals surface area (Å²) < 4.78 is 10.9. The Morgan fingerprint density at radius 3 is 2.31 bits per heavy atom. The number of hydrogen-bond donors (Lipinski definition) is 0. The number of rotatable bonds is 5. The van der Waals surface area contributed by atoms with Crippen molar-refractivity contribution >= 4 is 29.2 Å². The normalized spacial score (nSPS) is 10.4. The lowest BCUT2D eigenvalue weighted by Gasteiger charge is -2.07. The van der Waals surface area contributed by atoms with Gasteiger partial charge in [-0.1, -0.05) is 29.8 Å². The minimum Gasteiger partial charge on any atom is -0.465 e. The maximum absolute atomic E-state index is 12.5. The number of halogens is 1. The van der Waals surface area contributed by atoms with Crippen LogP contribution in [0.2, 0.25) is 5.02 Å². The van der Waals surface area contributed by atoms with E-state index in [0.717, 1.165) is 20.3 Å². The van der Waals surface area contributed by atoms with E-state index in [1.807, 2.05) is 0 Å². The summed E-state index contributed by atoms with van der Waals surface area (Å²) in [6, 6.07) is 12.3. The van der Waals surface area contributed by atoms with Gasteiger partial charge < -0.3 is 9.47 Å². The topological polar surface area (TPSA) is 114 Å². The van der Waals surface area contributed by atoms with E-state index in [1.165, 1.54) is 16.8 Å². The van der Waals surface area contributed by atoms with Crippen molar-refractivity contribution < 1.29 is 24.0 Å². The Kier molecular flexibility index (Phi) is 5.60. The van der Waals surface area contributed by atoms with Gasteiger partial charge in [0.05, 0.1) is 24.8 Å². The van der Waals surface area contributed by atoms with Crippen LogP contribution < -0.4 is 0 Å². The maximum atomic E-state index is 12.5. The third-order valence-electron chi connectivity index (χ3n) is 4.02. The molecule has 3 aromatic rings. The van der Waals surface area contributed by atoms with E-state index in [-0.39, 0.29) is 33.2 Å². The van der Waals surface area contributed by atoms with Gasteiger partial charge in [0.25, 0.3) is 5.69 Å². The molecule has 0 saturated heterocycles. The molecule has 0 spiro atoms. The maximum Gasteiger partial charge on any atom is 0.357 e. The molecule has 0 atom stereocenters. The molecule has 1 heterocycles. The fourth-order valence-electron chi connectivity index (χ4n) is 2.77. The van der Waals surface area contributed by atoms with Crippen LogP contribution >= 0.6 is 11.6 Å². The molecule has 29 heavy (non-hydrogen) atoms. The first-order valence-electron chi connectivity index (χ1n) is 8.17. The molecular weight excluding hydrogens is 402 g/mol. The molecule has 0 radical (unpaired) electrons. The Morgan fingerprint density at radius 2 is 1.72 bits per heavy atom. The van der Waals surface area contributed by atoms with Crippen molar-refractivity contribution in [1.82, 2.24) is 9.78 Å². The average molecular weight is 416 g/mol. The van der Waals surface area contributed by atoms with Gasteiger partial charge >= 0.3 is 11.9 Å². The molecule has 0 unspecified atom stereocenters. The number of non-ortho nitro benzene ring substituents is 1. The lowest BCUT2D eigenvalue weighted by atomic mass is 10.0. The monoisotopic (exact) mass is 415 g/mol. The number of hydrogen-bond acceptors (Lipinski definition) is 7. The molecule has 0 aliphatic heterocycles. The Morgan fingerprint density at radius 1 is 1.07 bits per heavy atom. The van der Waals surface area contributed by atoms with Gasteiger partial charge in [0.15, 0.2) is 5.69 Å². The molecule has 0 fully saturated rings. The molecule has 0 aliphatic rings. The van der Waals surface area contributed by atoms with Gasteiger partial charge in [0, 0.05) is 22.7 Å². The quantitative estimate of drug-likeness (QED) is 0.354. The SMILES string of the molecule is COC(=O)c1c(-c2cc(Cl)cc([N+](=O)[O-])c2)nn(-c2ccccc2)c1C(=O)OC. The minimum absolute atomic E-state index is 0.00768. The average Bonchev–Trinajstić information content (AvgIpc) is 3.13. The molecule has 3 rings (SSSR count). The lowest BCUT2D eigenvalue weighted by Crippen LogP contribution is -2.15. The van der Waals surface area contributed by atoms with E-state index in [4.69, 9.17) is 21.1 Å². The number of esters is 2. The molecule has 0 amide bonds. The van der Waals surface area contributed by atoms with Gasteiger partial charge in [-0.3, -0.25) is 10.1 Å². The van der Waals surface area contributed by atoms with Crippen LogP contribution in [0.4, 0.5) is 5.69 Å². The van der Waals surface area contributed by atoms with Gasteiger partial charge in [-0.15, -0.1) is 0 Å². The third kappa shape index (κ3) is 3.81. The minimum atomic E-state index is -0.856. The van der Waals surface area contributed by atoms with Crippen molar-refractivity contribution in [3.63, 3.8) is 0 Å². The fraction of sp³-hybridized carbons (Fsp3) is 0.105. The number of methoxy groups -OCH3 is 2. The second-order valence-corrected chi connectivity index (χ2v) is 6.19. The van der Waals surface area contributed by atoms with Crippen LogP contribution in [-0.2, 0) is 9.47 Å². The zero-order chi connectivity index (χ0) is 21.1. The fourth-order valence-corrected chi connectivity index (χ4v) is 3.00. The van der Waals surface area contributed by atoms with Crippen molar-refractivity contribution in [3.8, 4) is 16.9 Å². The van der Waals surface area contributed by atoms with Crippen LogP contribution in [0.5, 0.6) is 0 Å². The molecular formula is C19H14ClN3O6. The number of para-hydroxylation sites is 1. The molecule has 2 aromatic carbocycles. The van der Waals surface area contributed by atoms with Gasteiger partial charge in [-0.05, 0) is 18.2 Å². The van der Waals surface area contributed by atoms with E-state index in [0.29, 0.717) is 5.69 Å². The van der Waals surface area contributed by atoms with Crippen LogP contribution in [0.1, 0.15) is 20.8 Å². The first kappa shape index (κ1) is 20.0. The summed E-state index contributed by atoms with van der Waals surface area (Å²) in [6.07, 6.45) is 0. The Balaban J connectivity index is 2.38. The molecule has 9 nitrogen and oxygen atoms in total. The summed E-state index contributed by atoms with van der Waals surface area (Å²) in [4.78, 5) is 35.7. The van der Waals surface area contributed by atoms with Crippen molar-refractivity contribution in [2.24, 2.45) is 0 Å². The highest BCUT2D eigenvalue weighted by Gasteiger charge is 2.32. The Bertz CT molecular complexity index is 1110. The van der Waals surface area contributed by atoms with E-state index in [1.54, 1.807) is 30.3 Å². The van der Waals surface area contributed by atoms with E-state index >= 15 is 0 Å². The highest BCUT2D eigenvalue weighted by molar-refractivity contribution is 6.31. The lowest BCUT2D eigenvalue weighted by molar-refractivity contribution is -0.384. The van der Waals surface area contributed by atoms with Crippen LogP contribution in [-0.4, -0.2) is 40.9 Å². The molecule has 0 saturated carbocycles. The smallest absolute Gasteiger partial charge is 0.357 e. The highest BCUT2D eigenvalue weighted by Crippen LogP contribution is 2.33. The summed E-state index contributed by atoms with van der Waals surface area (Å²) in [5.41, 5.74) is -0.0305. The van der Waals surface area contributed by atoms with Crippen molar-refractivity contribution in [1.29, 1.82) is 0 Å². The highest BCUT2D eigenvalue weighted by atomic mass is 35.5. The molecule has 0 bridgehead atoms. The Hall–Kier alpha value is -3.72. The summed E-state index contributed by atoms with van der Waals surface area (Å²) in [7, 11) is 2.31. The zero-order valence-electron chi connectivity index (χ0n) is 15.3. The van der Waals surface area contributed by atoms with Crippen LogP contribution in [0.3, 0.4) is 0 Å². The number of nitrogens with zero attached hydrogens (tertiary/aromatic N) is 3. The van der Waals surface area contributed by atoms with Gasteiger partial charge in [0.1, 0.15) is 11.3 Å². The number of nitro groups is 1. The van der Waals surface area contributed by atoms with Crippen LogP contribution in [0.15, 0.2) is 48.5 Å². The summed E-state index contributed by atoms with van der Waals surface area (Å²) >= 11 is 6.02. The van der Waals surface area contributed by atoms with Gasteiger partial charge in [0.2, 0.25) is 0 Å². The summed E-state index contributed by atoms with van der Waals surface area (Å²) in [5, 5.41) is 15.6. The molecule has 148 valence electrons. The number of carbonyl (C=O) groups is 2. The van der Waals surface area contributed by atoms with Gasteiger partial charge in [-0.25, -0.2) is 14.3 Å². The zero-order valence-corrected chi connectivity index (χ0v) is 16.0. The summed E-state index contributed by atoms with van der Waals surface area (Å²) in [5.74, 6) is -1.69. The van der Waals surface area contributed by atoms with E-state index in [9.17, 15) is 19.7 Å². The van der Waals surface area contributed by atoms with Gasteiger partial charge in [-0.2, -0.15) is 5.10 Å². The van der Waals surface area contributed by atoms with Crippen LogP contribution in [0, 0.1) is 10.1 Å². The number of nitro benzene ring substituents is 1. The standard InChI is InChI=1S/C19H14ClN3O6/c1-28-18(24)15-16(11-8-12(20)10-14(9-11)23(26)27)21-22(17(15)19(25)29-2)13-6-4-3-5-7-13/h3-10H,1-2H3. The molecule has 0 N–H and O–H groups in total. The molecule has 10 heteroatoms. The molecule has 1 aromatic heterocycles. The second-order valence-electron chi connectivity index (χ2n) is 5.76. The number of benzene rings is 2. The number of carbonyl (C=O) groups excluding carboxylic acids is 2. The van der Waals surface area contributed by atoms with Crippen molar-refractivity contribution in [3.05, 3.63) is 74.9 Å². The van der Waals surface area contributed by atoms with Crippen molar-refractivity contribution in [2.75, 3.05) is 14.2 Å². The Labute approximate surface area is 169 Å². The summed E-state index contributed by atoms with van der Waals surface area (Å²) in [6.45, 7) is 0.